The predicted octanol–water partition coefficient (Wildman–Crippen LogP) is 1.14. The molecule has 0 aliphatic carbocycles. The molecule has 1 fully saturated rings. The molecule has 9 heteroatoms. The number of benzene rings is 1. The number of nitrogens with zero attached hydrogens (tertiary/aromatic N) is 4. The molecular weight excluding hydrogens is 363 g/mol. The van der Waals surface area contributed by atoms with Crippen LogP contribution >= 0.6 is 24.8 Å². The van der Waals surface area contributed by atoms with E-state index in [-0.39, 0.29) is 30.7 Å². The third-order valence-corrected chi connectivity index (χ3v) is 3.94. The van der Waals surface area contributed by atoms with Gasteiger partial charge in [0.1, 0.15) is 12.7 Å². The Kier molecular flexibility index (Phi) is 9.44. The number of rotatable bonds is 6. The number of carbonyl (C=O) groups excluding carboxylic acids is 1. The van der Waals surface area contributed by atoms with Crippen molar-refractivity contribution in [3.05, 3.63) is 42.5 Å². The van der Waals surface area contributed by atoms with Crippen LogP contribution in [0.3, 0.4) is 0 Å². The third kappa shape index (κ3) is 6.28. The van der Waals surface area contributed by atoms with E-state index in [9.17, 15) is 4.79 Å². The van der Waals surface area contributed by atoms with E-state index in [4.69, 9.17) is 0 Å². The monoisotopic (exact) mass is 386 g/mol. The fraction of sp³-hybridized carbons (Fsp3) is 0.438. The smallest absolute Gasteiger partial charge is 0.251 e. The van der Waals surface area contributed by atoms with E-state index >= 15 is 0 Å². The highest BCUT2D eigenvalue weighted by atomic mass is 35.5. The summed E-state index contributed by atoms with van der Waals surface area (Å²) in [6.45, 7) is 6.02. The Morgan fingerprint density at radius 1 is 1.24 bits per heavy atom. The maximum atomic E-state index is 12.2. The van der Waals surface area contributed by atoms with Crippen molar-refractivity contribution in [2.45, 2.75) is 6.42 Å². The van der Waals surface area contributed by atoms with Crippen molar-refractivity contribution in [3.63, 3.8) is 0 Å². The molecule has 2 N–H and O–H groups in total. The molecule has 0 radical (unpaired) electrons. The molecule has 25 heavy (non-hydrogen) atoms. The summed E-state index contributed by atoms with van der Waals surface area (Å²) in [7, 11) is 0. The molecule has 3 rings (SSSR count). The molecule has 2 heterocycles. The highest BCUT2D eigenvalue weighted by Gasteiger charge is 2.10. The van der Waals surface area contributed by atoms with Gasteiger partial charge in [0, 0.05) is 38.3 Å². The molecule has 1 saturated heterocycles. The molecule has 0 bridgehead atoms. The second kappa shape index (κ2) is 11.0. The van der Waals surface area contributed by atoms with Crippen molar-refractivity contribution in [1.82, 2.24) is 30.3 Å². The lowest BCUT2D eigenvalue weighted by molar-refractivity contribution is 0.0951. The molecular formula is C16H24Cl2N6O. The van der Waals surface area contributed by atoms with Gasteiger partial charge < -0.3 is 15.5 Å². The predicted molar refractivity (Wildman–Crippen MR) is 102 cm³/mol. The SMILES string of the molecule is Cl.Cl.O=C(NCCCN1CCNCC1)c1cccc(-n2cncn2)c1. The first-order valence-electron chi connectivity index (χ1n) is 7.99. The first kappa shape index (κ1) is 21.4. The van der Waals surface area contributed by atoms with E-state index in [1.807, 2.05) is 24.3 Å². The number of piperazine rings is 1. The summed E-state index contributed by atoms with van der Waals surface area (Å²) in [5, 5.41) is 10.4. The van der Waals surface area contributed by atoms with Gasteiger partial charge in [-0.25, -0.2) is 9.67 Å². The molecule has 0 spiro atoms. The van der Waals surface area contributed by atoms with E-state index in [1.165, 1.54) is 6.33 Å². The Hall–Kier alpha value is -1.67. The summed E-state index contributed by atoms with van der Waals surface area (Å²) in [6, 6.07) is 7.38. The number of halogens is 2. The third-order valence-electron chi connectivity index (χ3n) is 3.94. The van der Waals surface area contributed by atoms with Crippen LogP contribution in [0.4, 0.5) is 0 Å². The molecule has 2 aromatic rings. The minimum absolute atomic E-state index is 0. The van der Waals surface area contributed by atoms with E-state index in [0.717, 1.165) is 44.8 Å². The molecule has 0 unspecified atom stereocenters. The zero-order chi connectivity index (χ0) is 15.9. The van der Waals surface area contributed by atoms with Crippen molar-refractivity contribution in [2.75, 3.05) is 39.3 Å². The van der Waals surface area contributed by atoms with Crippen LogP contribution in [0, 0.1) is 0 Å². The fourth-order valence-electron chi connectivity index (χ4n) is 2.67. The number of hydrogen-bond acceptors (Lipinski definition) is 5. The van der Waals surface area contributed by atoms with Gasteiger partial charge in [-0.1, -0.05) is 6.07 Å². The Bertz CT molecular complexity index is 631. The van der Waals surface area contributed by atoms with Crippen LogP contribution in [0.15, 0.2) is 36.9 Å². The number of nitrogens with one attached hydrogen (secondary N) is 2. The normalized spacial score (nSPS) is 14.2. The second-order valence-electron chi connectivity index (χ2n) is 5.59. The summed E-state index contributed by atoms with van der Waals surface area (Å²) in [4.78, 5) is 18.6. The number of hydrogen-bond donors (Lipinski definition) is 2. The minimum atomic E-state index is -0.0488. The molecule has 7 nitrogen and oxygen atoms in total. The zero-order valence-corrected chi connectivity index (χ0v) is 15.6. The second-order valence-corrected chi connectivity index (χ2v) is 5.59. The topological polar surface area (TPSA) is 75.1 Å². The lowest BCUT2D eigenvalue weighted by Crippen LogP contribution is -2.44. The summed E-state index contributed by atoms with van der Waals surface area (Å²) in [6.07, 6.45) is 4.06. The molecule has 1 aromatic heterocycles. The van der Waals surface area contributed by atoms with Crippen LogP contribution in [-0.4, -0.2) is 64.8 Å². The summed E-state index contributed by atoms with van der Waals surface area (Å²) in [5.41, 5.74) is 1.47. The fourth-order valence-corrected chi connectivity index (χ4v) is 2.67. The first-order chi connectivity index (χ1) is 11.3. The van der Waals surface area contributed by atoms with Gasteiger partial charge in [0.2, 0.25) is 0 Å². The molecule has 1 aliphatic rings. The Balaban J connectivity index is 0.00000156. The van der Waals surface area contributed by atoms with E-state index in [2.05, 4.69) is 25.6 Å². The van der Waals surface area contributed by atoms with Crippen molar-refractivity contribution in [3.8, 4) is 5.69 Å². The maximum Gasteiger partial charge on any atom is 0.251 e. The van der Waals surface area contributed by atoms with Crippen LogP contribution in [0.1, 0.15) is 16.8 Å². The molecule has 1 aromatic carbocycles. The van der Waals surface area contributed by atoms with Crippen LogP contribution < -0.4 is 10.6 Å². The van der Waals surface area contributed by atoms with Crippen LogP contribution in [0.5, 0.6) is 0 Å². The Morgan fingerprint density at radius 2 is 2.04 bits per heavy atom. The Labute approximate surface area is 160 Å². The highest BCUT2D eigenvalue weighted by molar-refractivity contribution is 5.94. The van der Waals surface area contributed by atoms with Crippen LogP contribution in [0.25, 0.3) is 5.69 Å². The van der Waals surface area contributed by atoms with Crippen molar-refractivity contribution in [2.24, 2.45) is 0 Å². The number of amides is 1. The minimum Gasteiger partial charge on any atom is -0.352 e. The number of carbonyl (C=O) groups is 1. The van der Waals surface area contributed by atoms with Gasteiger partial charge in [-0.05, 0) is 31.2 Å². The van der Waals surface area contributed by atoms with Gasteiger partial charge in [-0.15, -0.1) is 24.8 Å². The van der Waals surface area contributed by atoms with E-state index in [1.54, 1.807) is 11.0 Å². The standard InChI is InChI=1S/C16H22N6O.2ClH/c23-16(19-5-2-8-21-9-6-17-7-10-21)14-3-1-4-15(11-14)22-13-18-12-20-22;;/h1,3-4,11-13,17H,2,5-10H2,(H,19,23);2*1H. The first-order valence-corrected chi connectivity index (χ1v) is 7.99. The molecule has 0 saturated carbocycles. The van der Waals surface area contributed by atoms with Crippen molar-refractivity contribution < 1.29 is 4.79 Å². The van der Waals surface area contributed by atoms with Gasteiger partial charge in [0.15, 0.2) is 0 Å². The lowest BCUT2D eigenvalue weighted by Gasteiger charge is -2.27. The Morgan fingerprint density at radius 3 is 2.76 bits per heavy atom. The van der Waals surface area contributed by atoms with Gasteiger partial charge in [0.25, 0.3) is 5.91 Å². The quantitative estimate of drug-likeness (QED) is 0.728. The number of aromatic nitrogens is 3. The van der Waals surface area contributed by atoms with Gasteiger partial charge in [-0.2, -0.15) is 5.10 Å². The summed E-state index contributed by atoms with van der Waals surface area (Å²) < 4.78 is 1.64. The van der Waals surface area contributed by atoms with Gasteiger partial charge in [0.05, 0.1) is 5.69 Å². The van der Waals surface area contributed by atoms with Crippen LogP contribution in [0.2, 0.25) is 0 Å². The lowest BCUT2D eigenvalue weighted by atomic mass is 10.2. The van der Waals surface area contributed by atoms with E-state index < -0.39 is 0 Å². The summed E-state index contributed by atoms with van der Waals surface area (Å²) >= 11 is 0. The van der Waals surface area contributed by atoms with Crippen molar-refractivity contribution >= 4 is 30.7 Å². The molecule has 0 atom stereocenters. The van der Waals surface area contributed by atoms with Gasteiger partial charge >= 0.3 is 0 Å². The average Bonchev–Trinajstić information content (AvgIpc) is 3.14. The highest BCUT2D eigenvalue weighted by Crippen LogP contribution is 2.09. The maximum absolute atomic E-state index is 12.2. The van der Waals surface area contributed by atoms with Crippen LogP contribution in [-0.2, 0) is 0 Å². The largest absolute Gasteiger partial charge is 0.352 e. The molecule has 1 amide bonds. The molecule has 1 aliphatic heterocycles. The summed E-state index contributed by atoms with van der Waals surface area (Å²) in [5.74, 6) is -0.0488. The van der Waals surface area contributed by atoms with Crippen molar-refractivity contribution in [1.29, 1.82) is 0 Å². The van der Waals surface area contributed by atoms with Gasteiger partial charge in [-0.3, -0.25) is 4.79 Å². The van der Waals surface area contributed by atoms with E-state index in [0.29, 0.717) is 12.1 Å². The average molecular weight is 387 g/mol. The molecule has 138 valence electrons. The zero-order valence-electron chi connectivity index (χ0n) is 13.9.